The second kappa shape index (κ2) is 9.21. The minimum Gasteiger partial charge on any atom is -0.484 e. The number of carbonyl (C=O) groups is 1. The number of halogens is 8. The molecule has 1 amide bonds. The molecule has 1 heterocycles. The maximum absolute atomic E-state index is 13.9. The fourth-order valence-electron chi connectivity index (χ4n) is 2.61. The molecule has 0 unspecified atom stereocenters. The Morgan fingerprint density at radius 1 is 1.06 bits per heavy atom. The maximum Gasteiger partial charge on any atom is 0.422 e. The van der Waals surface area contributed by atoms with Gasteiger partial charge in [-0.05, 0) is 18.2 Å². The molecule has 0 saturated carbocycles. The first-order chi connectivity index (χ1) is 15.8. The van der Waals surface area contributed by atoms with Crippen LogP contribution in [0.3, 0.4) is 0 Å². The standard InChI is InChI=1S/C19H8ClF7N2O5/c20-9-5-7(29(31)32)1-3-10(9)33-6-8-2-4-11(34-8)18(30)28-17-15(23)13(21)12(19(25,26)27)14(22)16(17)24/h1-5H,6H2,(H,28,30). The Morgan fingerprint density at radius 3 is 2.21 bits per heavy atom. The summed E-state index contributed by atoms with van der Waals surface area (Å²) in [7, 11) is 0. The number of nitro groups is 1. The van der Waals surface area contributed by atoms with E-state index in [0.717, 1.165) is 24.3 Å². The van der Waals surface area contributed by atoms with Crippen LogP contribution in [0.2, 0.25) is 5.02 Å². The van der Waals surface area contributed by atoms with E-state index in [1.54, 1.807) is 0 Å². The number of furan rings is 1. The number of alkyl halides is 3. The summed E-state index contributed by atoms with van der Waals surface area (Å²) in [5, 5.41) is 12.0. The van der Waals surface area contributed by atoms with Gasteiger partial charge >= 0.3 is 6.18 Å². The molecular formula is C19H8ClF7N2O5. The van der Waals surface area contributed by atoms with Gasteiger partial charge in [-0.15, -0.1) is 0 Å². The lowest BCUT2D eigenvalue weighted by molar-refractivity contribution is -0.384. The molecule has 0 radical (unpaired) electrons. The average molecular weight is 513 g/mol. The van der Waals surface area contributed by atoms with Gasteiger partial charge in [0.2, 0.25) is 0 Å². The van der Waals surface area contributed by atoms with Crippen LogP contribution in [0.5, 0.6) is 5.75 Å². The minimum atomic E-state index is -5.74. The highest BCUT2D eigenvalue weighted by Gasteiger charge is 2.42. The summed E-state index contributed by atoms with van der Waals surface area (Å²) in [6, 6.07) is 5.44. The van der Waals surface area contributed by atoms with E-state index in [9.17, 15) is 45.6 Å². The molecule has 3 aromatic rings. The SMILES string of the molecule is O=C(Nc1c(F)c(F)c(C(F)(F)F)c(F)c1F)c1ccc(COc2ccc([N+](=O)[O-])cc2Cl)o1. The molecule has 34 heavy (non-hydrogen) atoms. The normalized spacial score (nSPS) is 11.4. The molecule has 3 rings (SSSR count). The third kappa shape index (κ3) is 4.90. The molecule has 15 heteroatoms. The van der Waals surface area contributed by atoms with Gasteiger partial charge in [0.05, 0.1) is 9.95 Å². The number of ether oxygens (including phenoxy) is 1. The predicted octanol–water partition coefficient (Wildman–Crippen LogP) is 6.25. The molecular weight excluding hydrogens is 505 g/mol. The quantitative estimate of drug-likeness (QED) is 0.182. The Bertz CT molecular complexity index is 1260. The average Bonchev–Trinajstić information content (AvgIpc) is 3.22. The first-order valence-corrected chi connectivity index (χ1v) is 9.09. The van der Waals surface area contributed by atoms with Crippen molar-refractivity contribution in [2.24, 2.45) is 0 Å². The van der Waals surface area contributed by atoms with Crippen molar-refractivity contribution < 1.29 is 49.6 Å². The van der Waals surface area contributed by atoms with Crippen molar-refractivity contribution in [3.63, 3.8) is 0 Å². The van der Waals surface area contributed by atoms with Crippen LogP contribution in [0.15, 0.2) is 34.7 Å². The molecule has 7 nitrogen and oxygen atoms in total. The minimum absolute atomic E-state index is 0.00881. The Morgan fingerprint density at radius 2 is 1.68 bits per heavy atom. The molecule has 1 aromatic heterocycles. The van der Waals surface area contributed by atoms with Crippen molar-refractivity contribution in [3.8, 4) is 5.75 Å². The highest BCUT2D eigenvalue weighted by Crippen LogP contribution is 2.38. The number of carbonyl (C=O) groups excluding carboxylic acids is 1. The summed E-state index contributed by atoms with van der Waals surface area (Å²) in [4.78, 5) is 22.1. The van der Waals surface area contributed by atoms with Crippen LogP contribution in [-0.2, 0) is 12.8 Å². The smallest absolute Gasteiger partial charge is 0.422 e. The van der Waals surface area contributed by atoms with Crippen LogP contribution in [0, 0.1) is 33.4 Å². The number of hydrogen-bond acceptors (Lipinski definition) is 5. The number of nitro benzene ring substituents is 1. The summed E-state index contributed by atoms with van der Waals surface area (Å²) >= 11 is 5.85. The molecule has 0 aliphatic heterocycles. The van der Waals surface area contributed by atoms with Crippen LogP contribution in [0.4, 0.5) is 42.1 Å². The van der Waals surface area contributed by atoms with Crippen LogP contribution < -0.4 is 10.1 Å². The third-order valence-corrected chi connectivity index (χ3v) is 4.46. The second-order valence-electron chi connectivity index (χ2n) is 6.38. The van der Waals surface area contributed by atoms with Crippen molar-refractivity contribution >= 4 is 28.9 Å². The molecule has 0 aliphatic rings. The predicted molar refractivity (Wildman–Crippen MR) is 100 cm³/mol. The van der Waals surface area contributed by atoms with Gasteiger partial charge in [0.25, 0.3) is 11.6 Å². The van der Waals surface area contributed by atoms with E-state index in [1.807, 2.05) is 0 Å². The zero-order valence-electron chi connectivity index (χ0n) is 16.1. The molecule has 0 spiro atoms. The van der Waals surface area contributed by atoms with Crippen LogP contribution in [0.1, 0.15) is 21.9 Å². The van der Waals surface area contributed by atoms with Gasteiger partial charge < -0.3 is 14.5 Å². The summed E-state index contributed by atoms with van der Waals surface area (Å²) in [5.41, 5.74) is -4.88. The zero-order valence-corrected chi connectivity index (χ0v) is 16.9. The summed E-state index contributed by atoms with van der Waals surface area (Å²) in [6.45, 7) is -0.378. The third-order valence-electron chi connectivity index (χ3n) is 4.17. The number of non-ortho nitro benzene ring substituents is 1. The molecule has 0 bridgehead atoms. The topological polar surface area (TPSA) is 94.6 Å². The van der Waals surface area contributed by atoms with Gasteiger partial charge in [-0.1, -0.05) is 11.6 Å². The van der Waals surface area contributed by atoms with Gasteiger partial charge in [-0.2, -0.15) is 13.2 Å². The van der Waals surface area contributed by atoms with Crippen LogP contribution in [-0.4, -0.2) is 10.8 Å². The number of benzene rings is 2. The zero-order chi connectivity index (χ0) is 25.4. The summed E-state index contributed by atoms with van der Waals surface area (Å²) in [6.07, 6.45) is -5.74. The largest absolute Gasteiger partial charge is 0.484 e. The highest BCUT2D eigenvalue weighted by molar-refractivity contribution is 6.32. The Balaban J connectivity index is 1.76. The monoisotopic (exact) mass is 512 g/mol. The number of nitrogens with zero attached hydrogens (tertiary/aromatic N) is 1. The molecule has 2 aromatic carbocycles. The fourth-order valence-corrected chi connectivity index (χ4v) is 2.84. The number of anilines is 1. The number of rotatable bonds is 6. The lowest BCUT2D eigenvalue weighted by atomic mass is 10.1. The van der Waals surface area contributed by atoms with Crippen molar-refractivity contribution in [2.45, 2.75) is 12.8 Å². The Labute approximate surface area is 188 Å². The highest BCUT2D eigenvalue weighted by atomic mass is 35.5. The lowest BCUT2D eigenvalue weighted by Gasteiger charge is -2.14. The van der Waals surface area contributed by atoms with E-state index in [-0.39, 0.29) is 28.8 Å². The van der Waals surface area contributed by atoms with Gasteiger partial charge in [0.15, 0.2) is 29.0 Å². The van der Waals surface area contributed by atoms with Crippen molar-refractivity contribution in [3.05, 3.63) is 85.8 Å². The van der Waals surface area contributed by atoms with E-state index >= 15 is 0 Å². The van der Waals surface area contributed by atoms with Gasteiger partial charge in [-0.3, -0.25) is 14.9 Å². The molecule has 0 fully saturated rings. The van der Waals surface area contributed by atoms with E-state index in [4.69, 9.17) is 20.8 Å². The Hall–Kier alpha value is -3.81. The van der Waals surface area contributed by atoms with Crippen LogP contribution >= 0.6 is 11.6 Å². The van der Waals surface area contributed by atoms with Gasteiger partial charge in [0, 0.05) is 12.1 Å². The number of amides is 1. The van der Waals surface area contributed by atoms with Crippen molar-refractivity contribution in [2.75, 3.05) is 5.32 Å². The lowest BCUT2D eigenvalue weighted by Crippen LogP contribution is -2.20. The van der Waals surface area contributed by atoms with Crippen molar-refractivity contribution in [1.29, 1.82) is 0 Å². The van der Waals surface area contributed by atoms with E-state index < -0.39 is 57.3 Å². The second-order valence-corrected chi connectivity index (χ2v) is 6.79. The first-order valence-electron chi connectivity index (χ1n) is 8.71. The molecule has 0 aliphatic carbocycles. The number of hydrogen-bond donors (Lipinski definition) is 1. The Kier molecular flexibility index (Phi) is 6.72. The van der Waals surface area contributed by atoms with Gasteiger partial charge in [-0.25, -0.2) is 17.6 Å². The first kappa shape index (κ1) is 24.8. The summed E-state index contributed by atoms with van der Waals surface area (Å²) in [5.74, 6) is -12.6. The molecule has 0 atom stereocenters. The van der Waals surface area contributed by atoms with Crippen molar-refractivity contribution in [1.82, 2.24) is 0 Å². The van der Waals surface area contributed by atoms with E-state index in [1.165, 1.54) is 11.4 Å². The molecule has 0 saturated heterocycles. The van der Waals surface area contributed by atoms with E-state index in [0.29, 0.717) is 0 Å². The molecule has 1 N–H and O–H groups in total. The van der Waals surface area contributed by atoms with E-state index in [2.05, 4.69) is 0 Å². The van der Waals surface area contributed by atoms with Crippen LogP contribution in [0.25, 0.3) is 0 Å². The maximum atomic E-state index is 13.9. The summed E-state index contributed by atoms with van der Waals surface area (Å²) < 4.78 is 103. The number of nitrogens with one attached hydrogen (secondary N) is 1. The fraction of sp³-hybridized carbons (Fsp3) is 0.105. The van der Waals surface area contributed by atoms with Gasteiger partial charge in [0.1, 0.15) is 29.4 Å². The molecule has 180 valence electrons.